The molecule has 148 valence electrons. The highest BCUT2D eigenvalue weighted by Crippen LogP contribution is 2.57. The smallest absolute Gasteiger partial charge is 0.370 e. The maximum absolute atomic E-state index is 12.8. The standard InChI is InChI=1S/C21H26F3NO2/c1-13(27-20-9-14-5-15(10-20)7-16(6-14)11-20)12-25-19(26)17-3-2-4-18(8-17)21(22,23)24/h2-4,8,13-16H,5-7,9-12H2,1H3,(H,25,26)/t13-,14?,15?,16?,20?/m0/s1. The minimum Gasteiger partial charge on any atom is -0.370 e. The van der Waals surface area contributed by atoms with Crippen LogP contribution in [0.15, 0.2) is 24.3 Å². The summed E-state index contributed by atoms with van der Waals surface area (Å²) in [6, 6.07) is 4.51. The summed E-state index contributed by atoms with van der Waals surface area (Å²) >= 11 is 0. The van der Waals surface area contributed by atoms with Crippen molar-refractivity contribution in [1.29, 1.82) is 0 Å². The normalized spacial score (nSPS) is 33.1. The van der Waals surface area contributed by atoms with Crippen LogP contribution in [0.3, 0.4) is 0 Å². The van der Waals surface area contributed by atoms with Gasteiger partial charge in [0, 0.05) is 12.1 Å². The molecule has 1 N–H and O–H groups in total. The fraction of sp³-hybridized carbons (Fsp3) is 0.667. The molecule has 0 spiro atoms. The fourth-order valence-electron chi connectivity index (χ4n) is 5.82. The SMILES string of the molecule is C[C@@H](CNC(=O)c1cccc(C(F)(F)F)c1)OC12CC3CC(CC(C3)C1)C2. The maximum Gasteiger partial charge on any atom is 0.416 e. The van der Waals surface area contributed by atoms with Crippen molar-refractivity contribution >= 4 is 5.91 Å². The maximum atomic E-state index is 12.8. The second kappa shape index (κ2) is 6.80. The van der Waals surface area contributed by atoms with E-state index in [1.54, 1.807) is 0 Å². The highest BCUT2D eigenvalue weighted by Gasteiger charge is 2.52. The van der Waals surface area contributed by atoms with Crippen LogP contribution < -0.4 is 5.32 Å². The number of ether oxygens (including phenoxy) is 1. The zero-order valence-corrected chi connectivity index (χ0v) is 15.5. The molecule has 0 aliphatic heterocycles. The topological polar surface area (TPSA) is 38.3 Å². The number of amides is 1. The molecule has 1 atom stereocenters. The lowest BCUT2D eigenvalue weighted by Gasteiger charge is -2.57. The summed E-state index contributed by atoms with van der Waals surface area (Å²) in [5.41, 5.74) is -0.838. The van der Waals surface area contributed by atoms with E-state index < -0.39 is 17.6 Å². The predicted octanol–water partition coefficient (Wildman–Crippen LogP) is 4.81. The first kappa shape index (κ1) is 18.8. The summed E-state index contributed by atoms with van der Waals surface area (Å²) in [5.74, 6) is 1.84. The fourth-order valence-corrected chi connectivity index (χ4v) is 5.82. The molecule has 0 heterocycles. The van der Waals surface area contributed by atoms with Crippen molar-refractivity contribution < 1.29 is 22.7 Å². The van der Waals surface area contributed by atoms with Gasteiger partial charge in [-0.1, -0.05) is 6.07 Å². The van der Waals surface area contributed by atoms with Gasteiger partial charge in [0.2, 0.25) is 0 Å². The van der Waals surface area contributed by atoms with Crippen LogP contribution in [0.1, 0.15) is 61.4 Å². The Kier molecular flexibility index (Phi) is 4.73. The highest BCUT2D eigenvalue weighted by molar-refractivity contribution is 5.94. The van der Waals surface area contributed by atoms with E-state index >= 15 is 0 Å². The van der Waals surface area contributed by atoms with Crippen molar-refractivity contribution in [2.24, 2.45) is 17.8 Å². The molecule has 4 aliphatic carbocycles. The summed E-state index contributed by atoms with van der Waals surface area (Å²) in [6.07, 6.45) is 2.75. The van der Waals surface area contributed by atoms with Crippen molar-refractivity contribution in [2.45, 2.75) is 63.3 Å². The molecule has 4 bridgehead atoms. The van der Waals surface area contributed by atoms with E-state index in [-0.39, 0.29) is 17.3 Å². The minimum absolute atomic E-state index is 0.0202. The Hall–Kier alpha value is -1.56. The molecular formula is C21H26F3NO2. The van der Waals surface area contributed by atoms with Crippen LogP contribution in [-0.2, 0) is 10.9 Å². The molecule has 27 heavy (non-hydrogen) atoms. The summed E-state index contributed by atoms with van der Waals surface area (Å²) in [7, 11) is 0. The van der Waals surface area contributed by atoms with Gasteiger partial charge in [-0.05, 0) is 81.4 Å². The molecule has 0 aromatic heterocycles. The van der Waals surface area contributed by atoms with Crippen molar-refractivity contribution in [3.63, 3.8) is 0 Å². The van der Waals surface area contributed by atoms with Crippen molar-refractivity contribution in [2.75, 3.05) is 6.54 Å². The third kappa shape index (κ3) is 4.00. The lowest BCUT2D eigenvalue weighted by atomic mass is 9.54. The lowest BCUT2D eigenvalue weighted by molar-refractivity contribution is -0.182. The van der Waals surface area contributed by atoms with Gasteiger partial charge in [0.1, 0.15) is 0 Å². The number of hydrogen-bond donors (Lipinski definition) is 1. The number of hydrogen-bond acceptors (Lipinski definition) is 2. The molecule has 1 amide bonds. The van der Waals surface area contributed by atoms with Gasteiger partial charge >= 0.3 is 6.18 Å². The molecule has 6 heteroatoms. The molecule has 0 radical (unpaired) electrons. The second-order valence-corrected chi connectivity index (χ2v) is 8.82. The van der Waals surface area contributed by atoms with Crippen molar-refractivity contribution in [3.05, 3.63) is 35.4 Å². The van der Waals surface area contributed by atoms with E-state index in [2.05, 4.69) is 5.32 Å². The van der Waals surface area contributed by atoms with Gasteiger partial charge in [0.25, 0.3) is 5.91 Å². The molecule has 4 fully saturated rings. The number of benzene rings is 1. The Morgan fingerprint density at radius 2 is 1.78 bits per heavy atom. The second-order valence-electron chi connectivity index (χ2n) is 8.82. The zero-order chi connectivity index (χ0) is 19.2. The third-order valence-corrected chi connectivity index (χ3v) is 6.44. The molecule has 0 saturated heterocycles. The molecular weight excluding hydrogens is 355 g/mol. The van der Waals surface area contributed by atoms with Gasteiger partial charge in [-0.25, -0.2) is 0 Å². The number of halogens is 3. The summed E-state index contributed by atoms with van der Waals surface area (Å²) in [5, 5.41) is 2.73. The van der Waals surface area contributed by atoms with Crippen molar-refractivity contribution in [3.8, 4) is 0 Å². The number of carbonyl (C=O) groups is 1. The van der Waals surface area contributed by atoms with E-state index in [0.717, 1.165) is 49.1 Å². The van der Waals surface area contributed by atoms with E-state index in [1.165, 1.54) is 31.4 Å². The van der Waals surface area contributed by atoms with Gasteiger partial charge in [-0.2, -0.15) is 13.2 Å². The Bertz CT molecular complexity index is 680. The van der Waals surface area contributed by atoms with E-state index in [9.17, 15) is 18.0 Å². The largest absolute Gasteiger partial charge is 0.416 e. The number of alkyl halides is 3. The Morgan fingerprint density at radius 1 is 1.19 bits per heavy atom. The Labute approximate surface area is 157 Å². The Morgan fingerprint density at radius 3 is 2.33 bits per heavy atom. The van der Waals surface area contributed by atoms with E-state index in [4.69, 9.17) is 4.74 Å². The minimum atomic E-state index is -4.45. The van der Waals surface area contributed by atoms with Crippen LogP contribution in [0.25, 0.3) is 0 Å². The van der Waals surface area contributed by atoms with E-state index in [1.807, 2.05) is 6.92 Å². The summed E-state index contributed by atoms with van der Waals surface area (Å²) in [6.45, 7) is 2.24. The third-order valence-electron chi connectivity index (χ3n) is 6.44. The summed E-state index contributed by atoms with van der Waals surface area (Å²) < 4.78 is 44.8. The van der Waals surface area contributed by atoms with Gasteiger partial charge < -0.3 is 10.1 Å². The van der Waals surface area contributed by atoms with Gasteiger partial charge in [0.05, 0.1) is 17.3 Å². The Balaban J connectivity index is 1.33. The van der Waals surface area contributed by atoms with Gasteiger partial charge in [0.15, 0.2) is 0 Å². The first-order chi connectivity index (χ1) is 12.7. The van der Waals surface area contributed by atoms with Crippen LogP contribution in [0.5, 0.6) is 0 Å². The molecule has 4 aliphatic rings. The monoisotopic (exact) mass is 381 g/mol. The lowest BCUT2D eigenvalue weighted by Crippen LogP contribution is -2.53. The van der Waals surface area contributed by atoms with Crippen LogP contribution in [0.4, 0.5) is 13.2 Å². The molecule has 1 aromatic rings. The van der Waals surface area contributed by atoms with Gasteiger partial charge in [-0.3, -0.25) is 4.79 Å². The molecule has 4 saturated carbocycles. The highest BCUT2D eigenvalue weighted by atomic mass is 19.4. The number of nitrogens with one attached hydrogen (secondary N) is 1. The van der Waals surface area contributed by atoms with E-state index in [0.29, 0.717) is 6.54 Å². The van der Waals surface area contributed by atoms with Crippen LogP contribution in [0.2, 0.25) is 0 Å². The number of carbonyl (C=O) groups excluding carboxylic acids is 1. The van der Waals surface area contributed by atoms with Gasteiger partial charge in [-0.15, -0.1) is 0 Å². The average Bonchev–Trinajstić information content (AvgIpc) is 2.57. The zero-order valence-electron chi connectivity index (χ0n) is 15.5. The van der Waals surface area contributed by atoms with Crippen LogP contribution in [0, 0.1) is 17.8 Å². The molecule has 0 unspecified atom stereocenters. The van der Waals surface area contributed by atoms with Crippen LogP contribution in [-0.4, -0.2) is 24.2 Å². The van der Waals surface area contributed by atoms with Crippen LogP contribution >= 0.6 is 0 Å². The molecule has 5 rings (SSSR count). The van der Waals surface area contributed by atoms with Crippen molar-refractivity contribution in [1.82, 2.24) is 5.32 Å². The average molecular weight is 381 g/mol. The first-order valence-corrected chi connectivity index (χ1v) is 9.86. The molecule has 3 nitrogen and oxygen atoms in total. The molecule has 1 aromatic carbocycles. The first-order valence-electron chi connectivity index (χ1n) is 9.86. The number of rotatable bonds is 5. The quantitative estimate of drug-likeness (QED) is 0.795. The predicted molar refractivity (Wildman–Crippen MR) is 95.2 cm³/mol. The summed E-state index contributed by atoms with van der Waals surface area (Å²) in [4.78, 5) is 12.3.